The average molecular weight is 298 g/mol. The molecular formula is C11H19KN2O3S. The quantitative estimate of drug-likeness (QED) is 0.243. The smallest absolute Gasteiger partial charge is 0.481 e. The van der Waals surface area contributed by atoms with Crippen LogP contribution < -0.4 is 62.0 Å². The molecule has 0 bridgehead atoms. The van der Waals surface area contributed by atoms with Gasteiger partial charge in [-0.3, -0.25) is 4.79 Å². The fourth-order valence-corrected chi connectivity index (χ4v) is 3.81. The summed E-state index contributed by atoms with van der Waals surface area (Å²) in [7, 11) is 0. The summed E-state index contributed by atoms with van der Waals surface area (Å²) < 4.78 is 0. The molecule has 0 aromatic rings. The number of fused-ring (bicyclic) bond motifs is 1. The number of carbonyl (C=O) groups is 2. The maximum atomic E-state index is 11.1. The molecule has 2 aliphatic heterocycles. The van der Waals surface area contributed by atoms with Crippen molar-refractivity contribution >= 4 is 23.8 Å². The number of hydrogen-bond donors (Lipinski definition) is 3. The van der Waals surface area contributed by atoms with Gasteiger partial charge in [-0.2, -0.15) is 11.8 Å². The molecule has 2 aliphatic rings. The van der Waals surface area contributed by atoms with Gasteiger partial charge in [-0.25, -0.2) is 4.79 Å². The maximum absolute atomic E-state index is 11.1. The van der Waals surface area contributed by atoms with Gasteiger partial charge in [0.2, 0.25) is 0 Å². The van der Waals surface area contributed by atoms with Crippen LogP contribution in [0.3, 0.4) is 0 Å². The third-order valence-electron chi connectivity index (χ3n) is 3.07. The summed E-state index contributed by atoms with van der Waals surface area (Å²) >= 11 is 1.87. The minimum Gasteiger partial charge on any atom is -0.481 e. The molecule has 0 radical (unpaired) electrons. The third kappa shape index (κ3) is 5.01. The van der Waals surface area contributed by atoms with Crippen molar-refractivity contribution < 1.29 is 66.1 Å². The Morgan fingerprint density at radius 3 is 2.78 bits per heavy atom. The van der Waals surface area contributed by atoms with Crippen LogP contribution in [0.1, 0.15) is 25.7 Å². The summed E-state index contributed by atoms with van der Waals surface area (Å²) in [5.74, 6) is 0.236. The van der Waals surface area contributed by atoms with Crippen LogP contribution in [-0.4, -0.2) is 40.2 Å². The normalized spacial score (nSPS) is 28.4. The fourth-order valence-electron chi connectivity index (χ4n) is 2.26. The van der Waals surface area contributed by atoms with Crippen molar-refractivity contribution in [3.05, 3.63) is 7.43 Å². The number of thioether (sulfide) groups is 1. The fraction of sp³-hybridized carbons (Fsp3) is 0.727. The van der Waals surface area contributed by atoms with E-state index in [9.17, 15) is 9.59 Å². The average Bonchev–Trinajstić information content (AvgIpc) is 2.72. The first-order chi connectivity index (χ1) is 7.66. The van der Waals surface area contributed by atoms with Gasteiger partial charge >= 0.3 is 63.4 Å². The Morgan fingerprint density at radius 2 is 2.11 bits per heavy atom. The number of urea groups is 1. The Hall–Kier alpha value is 0.726. The van der Waals surface area contributed by atoms with E-state index in [1.807, 2.05) is 11.8 Å². The number of hydrogen-bond acceptors (Lipinski definition) is 3. The largest absolute Gasteiger partial charge is 1.00 e. The number of amides is 2. The molecule has 98 valence electrons. The summed E-state index contributed by atoms with van der Waals surface area (Å²) in [6.07, 6.45) is 2.88. The first kappa shape index (κ1) is 18.7. The number of aliphatic carboxylic acids is 1. The van der Waals surface area contributed by atoms with Gasteiger partial charge in [-0.05, 0) is 12.8 Å². The molecule has 0 unspecified atom stereocenters. The predicted molar refractivity (Wildman–Crippen MR) is 68.0 cm³/mol. The van der Waals surface area contributed by atoms with Gasteiger partial charge in [0.05, 0.1) is 12.1 Å². The predicted octanol–water partition coefficient (Wildman–Crippen LogP) is -1.75. The maximum Gasteiger partial charge on any atom is 1.00 e. The topological polar surface area (TPSA) is 78.4 Å². The molecule has 2 rings (SSSR count). The zero-order valence-corrected chi connectivity index (χ0v) is 14.9. The van der Waals surface area contributed by atoms with E-state index in [4.69, 9.17) is 5.11 Å². The van der Waals surface area contributed by atoms with Crippen LogP contribution in [0.4, 0.5) is 4.79 Å². The van der Waals surface area contributed by atoms with Gasteiger partial charge in [0.1, 0.15) is 0 Å². The second-order valence-corrected chi connectivity index (χ2v) is 5.53. The first-order valence-corrected chi connectivity index (χ1v) is 6.62. The number of carboxylic acid groups (broad SMARTS) is 1. The first-order valence-electron chi connectivity index (χ1n) is 5.57. The second kappa shape index (κ2) is 8.81. The monoisotopic (exact) mass is 298 g/mol. The summed E-state index contributed by atoms with van der Waals surface area (Å²) in [4.78, 5) is 21.5. The standard InChI is InChI=1S/C10H16N2O3S.CH3.K/c13-8(14)4-2-1-3-7-9-6(5-16-7)11-10(15)12-9;;/h6-7,9H,1-5H2,(H,13,14)(H2,11,12,15);1H3;/q;-1;+1/t6-,7-,9-;;/m0../s1. The van der Waals surface area contributed by atoms with E-state index in [-0.39, 0.29) is 83.3 Å². The van der Waals surface area contributed by atoms with Crippen LogP contribution in [0, 0.1) is 7.43 Å². The summed E-state index contributed by atoms with van der Waals surface area (Å²) in [6, 6.07) is 0.440. The molecule has 3 atom stereocenters. The van der Waals surface area contributed by atoms with Crippen LogP contribution in [0.5, 0.6) is 0 Å². The molecule has 0 aliphatic carbocycles. The molecule has 2 saturated heterocycles. The molecular weight excluding hydrogens is 279 g/mol. The number of carboxylic acids is 1. The van der Waals surface area contributed by atoms with Gasteiger partial charge in [0.25, 0.3) is 0 Å². The van der Waals surface area contributed by atoms with Crippen LogP contribution >= 0.6 is 11.8 Å². The molecule has 0 aromatic heterocycles. The minimum absolute atomic E-state index is 0. The molecule has 3 N–H and O–H groups in total. The van der Waals surface area contributed by atoms with Gasteiger partial charge in [0.15, 0.2) is 0 Å². The van der Waals surface area contributed by atoms with E-state index in [0.29, 0.717) is 5.25 Å². The van der Waals surface area contributed by atoms with Crippen molar-refractivity contribution in [1.82, 2.24) is 10.6 Å². The third-order valence-corrected chi connectivity index (χ3v) is 4.58. The Morgan fingerprint density at radius 1 is 1.39 bits per heavy atom. The molecule has 2 amide bonds. The Balaban J connectivity index is 0.00000144. The number of carbonyl (C=O) groups excluding carboxylic acids is 1. The van der Waals surface area contributed by atoms with Gasteiger partial charge in [-0.1, -0.05) is 6.42 Å². The molecule has 0 saturated carbocycles. The number of unbranched alkanes of at least 4 members (excludes halogenated alkanes) is 1. The molecule has 7 heteroatoms. The zero-order chi connectivity index (χ0) is 11.5. The molecule has 0 spiro atoms. The van der Waals surface area contributed by atoms with Gasteiger partial charge < -0.3 is 23.2 Å². The van der Waals surface area contributed by atoms with E-state index in [2.05, 4.69) is 10.6 Å². The van der Waals surface area contributed by atoms with Crippen molar-refractivity contribution in [1.29, 1.82) is 0 Å². The molecule has 2 fully saturated rings. The minimum atomic E-state index is -0.729. The Kier molecular flexibility index (Phi) is 9.17. The SMILES string of the molecule is O=C(O)CCCC[C@@H]1SC[C@@H]2NC(=O)N[C@@H]21.[CH3-].[K+]. The summed E-state index contributed by atoms with van der Waals surface area (Å²) in [6.45, 7) is 0. The zero-order valence-electron chi connectivity index (χ0n) is 10.9. The summed E-state index contributed by atoms with van der Waals surface area (Å²) in [5, 5.41) is 14.8. The van der Waals surface area contributed by atoms with E-state index >= 15 is 0 Å². The molecule has 18 heavy (non-hydrogen) atoms. The van der Waals surface area contributed by atoms with E-state index in [1.165, 1.54) is 0 Å². The number of rotatable bonds is 5. The van der Waals surface area contributed by atoms with Crippen LogP contribution in [0.2, 0.25) is 0 Å². The van der Waals surface area contributed by atoms with E-state index in [1.54, 1.807) is 0 Å². The van der Waals surface area contributed by atoms with Crippen LogP contribution in [0.15, 0.2) is 0 Å². The molecule has 0 aromatic carbocycles. The Bertz CT molecular complexity index is 304. The van der Waals surface area contributed by atoms with E-state index < -0.39 is 5.97 Å². The van der Waals surface area contributed by atoms with Gasteiger partial charge in [0, 0.05) is 17.4 Å². The van der Waals surface area contributed by atoms with Crippen molar-refractivity contribution in [3.8, 4) is 0 Å². The number of nitrogens with one attached hydrogen (secondary N) is 2. The van der Waals surface area contributed by atoms with Crippen molar-refractivity contribution in [3.63, 3.8) is 0 Å². The molecule has 2 heterocycles. The van der Waals surface area contributed by atoms with Crippen molar-refractivity contribution in [2.45, 2.75) is 43.0 Å². The summed E-state index contributed by atoms with van der Waals surface area (Å²) in [5.41, 5.74) is 0. The second-order valence-electron chi connectivity index (χ2n) is 4.26. The van der Waals surface area contributed by atoms with E-state index in [0.717, 1.165) is 25.0 Å². The van der Waals surface area contributed by atoms with Crippen LogP contribution in [-0.2, 0) is 4.79 Å². The van der Waals surface area contributed by atoms with Crippen molar-refractivity contribution in [2.24, 2.45) is 0 Å². The van der Waals surface area contributed by atoms with Crippen molar-refractivity contribution in [2.75, 3.05) is 5.75 Å². The van der Waals surface area contributed by atoms with Gasteiger partial charge in [-0.15, -0.1) is 0 Å². The van der Waals surface area contributed by atoms with Crippen LogP contribution in [0.25, 0.3) is 0 Å². The molecule has 5 nitrogen and oxygen atoms in total. The Labute approximate surface area is 155 Å².